The molecule has 0 radical (unpaired) electrons. The molecule has 0 heterocycles. The summed E-state index contributed by atoms with van der Waals surface area (Å²) in [4.78, 5) is 21.4. The van der Waals surface area contributed by atoms with Crippen LogP contribution in [-0.2, 0) is 14.3 Å². The van der Waals surface area contributed by atoms with E-state index in [2.05, 4.69) is 0 Å². The highest BCUT2D eigenvalue weighted by Gasteiger charge is 2.15. The number of unbranched alkanes of at least 4 members (excludes halogenated alkanes) is 2. The summed E-state index contributed by atoms with van der Waals surface area (Å²) in [7, 11) is 0. The first kappa shape index (κ1) is 13.9. The molecule has 0 fully saturated rings. The van der Waals surface area contributed by atoms with Gasteiger partial charge in [-0.2, -0.15) is 0 Å². The first-order chi connectivity index (χ1) is 6.81. The molecule has 0 spiro atoms. The van der Waals surface area contributed by atoms with Crippen molar-refractivity contribution in [2.24, 2.45) is 0 Å². The molecule has 0 aromatic rings. The summed E-state index contributed by atoms with van der Waals surface area (Å²) >= 11 is 0. The monoisotopic (exact) mass is 216 g/mol. The van der Waals surface area contributed by atoms with Crippen LogP contribution in [0.25, 0.3) is 0 Å². The Hall–Kier alpha value is -1.06. The molecular weight excluding hydrogens is 196 g/mol. The van der Waals surface area contributed by atoms with Crippen LogP contribution in [0.4, 0.5) is 0 Å². The van der Waals surface area contributed by atoms with Crippen molar-refractivity contribution in [1.82, 2.24) is 0 Å². The van der Waals surface area contributed by atoms with Crippen molar-refractivity contribution >= 4 is 11.9 Å². The topological polar surface area (TPSA) is 63.6 Å². The number of carboxylic acids is 1. The van der Waals surface area contributed by atoms with Crippen molar-refractivity contribution in [3.8, 4) is 0 Å². The highest BCUT2D eigenvalue weighted by molar-refractivity contribution is 5.69. The van der Waals surface area contributed by atoms with Gasteiger partial charge < -0.3 is 9.84 Å². The molecule has 0 aromatic heterocycles. The second-order valence-electron chi connectivity index (χ2n) is 4.54. The number of rotatable bonds is 6. The van der Waals surface area contributed by atoms with Crippen LogP contribution < -0.4 is 0 Å². The van der Waals surface area contributed by atoms with Gasteiger partial charge in [-0.25, -0.2) is 0 Å². The van der Waals surface area contributed by atoms with E-state index < -0.39 is 11.6 Å². The molecule has 1 N–H and O–H groups in total. The largest absolute Gasteiger partial charge is 0.481 e. The molecule has 0 bridgehead atoms. The Morgan fingerprint density at radius 2 is 1.60 bits per heavy atom. The van der Waals surface area contributed by atoms with Gasteiger partial charge in [-0.05, 0) is 33.6 Å². The van der Waals surface area contributed by atoms with Crippen molar-refractivity contribution in [2.75, 3.05) is 0 Å². The molecule has 0 rings (SSSR count). The SMILES string of the molecule is CC(C)(C)OC(=O)CCCCCC(=O)O. The summed E-state index contributed by atoms with van der Waals surface area (Å²) in [6, 6.07) is 0. The first-order valence-corrected chi connectivity index (χ1v) is 5.25. The number of hydrogen-bond donors (Lipinski definition) is 1. The third kappa shape index (κ3) is 10.9. The first-order valence-electron chi connectivity index (χ1n) is 5.25. The second kappa shape index (κ2) is 6.43. The van der Waals surface area contributed by atoms with Gasteiger partial charge >= 0.3 is 11.9 Å². The third-order valence-electron chi connectivity index (χ3n) is 1.69. The molecule has 0 aliphatic rings. The molecule has 0 aromatic carbocycles. The van der Waals surface area contributed by atoms with Gasteiger partial charge in [-0.15, -0.1) is 0 Å². The molecule has 4 heteroatoms. The highest BCUT2D eigenvalue weighted by Crippen LogP contribution is 2.10. The number of ether oxygens (including phenoxy) is 1. The quantitative estimate of drug-likeness (QED) is 0.547. The minimum absolute atomic E-state index is 0.175. The molecule has 0 atom stereocenters. The van der Waals surface area contributed by atoms with Crippen LogP contribution >= 0.6 is 0 Å². The lowest BCUT2D eigenvalue weighted by Crippen LogP contribution is -2.23. The van der Waals surface area contributed by atoms with Crippen molar-refractivity contribution in [3.05, 3.63) is 0 Å². The Bertz CT molecular complexity index is 215. The van der Waals surface area contributed by atoms with Crippen LogP contribution in [0.2, 0.25) is 0 Å². The van der Waals surface area contributed by atoms with E-state index in [4.69, 9.17) is 9.84 Å². The summed E-state index contributed by atoms with van der Waals surface area (Å²) in [6.45, 7) is 5.49. The van der Waals surface area contributed by atoms with E-state index in [-0.39, 0.29) is 12.4 Å². The Morgan fingerprint density at radius 3 is 2.07 bits per heavy atom. The van der Waals surface area contributed by atoms with Gasteiger partial charge in [0.1, 0.15) is 5.60 Å². The molecule has 88 valence electrons. The predicted octanol–water partition coefficient (Wildman–Crippen LogP) is 2.36. The van der Waals surface area contributed by atoms with Gasteiger partial charge in [0.25, 0.3) is 0 Å². The Labute approximate surface area is 90.6 Å². The number of carboxylic acid groups (broad SMARTS) is 1. The zero-order valence-electron chi connectivity index (χ0n) is 9.71. The predicted molar refractivity (Wildman–Crippen MR) is 56.6 cm³/mol. The number of esters is 1. The molecule has 0 aliphatic heterocycles. The Balaban J connectivity index is 3.44. The average Bonchev–Trinajstić information content (AvgIpc) is 1.99. The van der Waals surface area contributed by atoms with Crippen LogP contribution in [-0.4, -0.2) is 22.6 Å². The normalized spacial score (nSPS) is 11.1. The maximum Gasteiger partial charge on any atom is 0.306 e. The fourth-order valence-corrected chi connectivity index (χ4v) is 1.11. The van der Waals surface area contributed by atoms with E-state index >= 15 is 0 Å². The molecular formula is C11H20O4. The smallest absolute Gasteiger partial charge is 0.306 e. The van der Waals surface area contributed by atoms with Crippen molar-refractivity contribution in [3.63, 3.8) is 0 Å². The van der Waals surface area contributed by atoms with Crippen LogP contribution in [0.15, 0.2) is 0 Å². The van der Waals surface area contributed by atoms with Gasteiger partial charge in [0.05, 0.1) is 0 Å². The van der Waals surface area contributed by atoms with E-state index in [1.165, 1.54) is 0 Å². The maximum absolute atomic E-state index is 11.2. The van der Waals surface area contributed by atoms with E-state index in [0.717, 1.165) is 6.42 Å². The van der Waals surface area contributed by atoms with Crippen LogP contribution in [0.5, 0.6) is 0 Å². The number of hydrogen-bond acceptors (Lipinski definition) is 3. The van der Waals surface area contributed by atoms with Crippen molar-refractivity contribution < 1.29 is 19.4 Å². The Morgan fingerprint density at radius 1 is 1.07 bits per heavy atom. The lowest BCUT2D eigenvalue weighted by Gasteiger charge is -2.19. The summed E-state index contributed by atoms with van der Waals surface area (Å²) in [5.41, 5.74) is -0.432. The minimum Gasteiger partial charge on any atom is -0.481 e. The summed E-state index contributed by atoms with van der Waals surface area (Å²) < 4.78 is 5.11. The van der Waals surface area contributed by atoms with E-state index in [1.54, 1.807) is 0 Å². The maximum atomic E-state index is 11.2. The van der Waals surface area contributed by atoms with Crippen LogP contribution in [0.1, 0.15) is 52.9 Å². The van der Waals surface area contributed by atoms with E-state index in [1.807, 2.05) is 20.8 Å². The fourth-order valence-electron chi connectivity index (χ4n) is 1.11. The Kier molecular flexibility index (Phi) is 5.97. The van der Waals surface area contributed by atoms with Crippen LogP contribution in [0, 0.1) is 0 Å². The van der Waals surface area contributed by atoms with Gasteiger partial charge in [0.15, 0.2) is 0 Å². The van der Waals surface area contributed by atoms with Crippen molar-refractivity contribution in [1.29, 1.82) is 0 Å². The van der Waals surface area contributed by atoms with Gasteiger partial charge in [0, 0.05) is 12.8 Å². The average molecular weight is 216 g/mol. The zero-order valence-corrected chi connectivity index (χ0v) is 9.71. The lowest BCUT2D eigenvalue weighted by molar-refractivity contribution is -0.154. The third-order valence-corrected chi connectivity index (χ3v) is 1.69. The molecule has 0 amide bonds. The lowest BCUT2D eigenvalue weighted by atomic mass is 10.1. The van der Waals surface area contributed by atoms with Crippen molar-refractivity contribution in [2.45, 2.75) is 58.5 Å². The molecule has 0 unspecified atom stereocenters. The standard InChI is InChI=1S/C11H20O4/c1-11(2,3)15-10(14)8-6-4-5-7-9(12)13/h4-8H2,1-3H3,(H,12,13). The van der Waals surface area contributed by atoms with Crippen LogP contribution in [0.3, 0.4) is 0 Å². The number of carbonyl (C=O) groups is 2. The van der Waals surface area contributed by atoms with Gasteiger partial charge in [0.2, 0.25) is 0 Å². The molecule has 15 heavy (non-hydrogen) atoms. The van der Waals surface area contributed by atoms with Gasteiger partial charge in [-0.1, -0.05) is 6.42 Å². The molecule has 0 aliphatic carbocycles. The zero-order chi connectivity index (χ0) is 11.9. The molecule has 0 saturated carbocycles. The minimum atomic E-state index is -0.785. The number of carbonyl (C=O) groups excluding carboxylic acids is 1. The summed E-state index contributed by atoms with van der Waals surface area (Å²) in [5, 5.41) is 8.38. The van der Waals surface area contributed by atoms with E-state index in [9.17, 15) is 9.59 Å². The second-order valence-corrected chi connectivity index (χ2v) is 4.54. The highest BCUT2D eigenvalue weighted by atomic mass is 16.6. The summed E-state index contributed by atoms with van der Waals surface area (Å²) in [5.74, 6) is -0.995. The van der Waals surface area contributed by atoms with Gasteiger partial charge in [-0.3, -0.25) is 9.59 Å². The summed E-state index contributed by atoms with van der Waals surface area (Å²) in [6.07, 6.45) is 2.62. The number of aliphatic carboxylic acids is 1. The fraction of sp³-hybridized carbons (Fsp3) is 0.818. The molecule has 0 saturated heterocycles. The molecule has 4 nitrogen and oxygen atoms in total. The van der Waals surface area contributed by atoms with E-state index in [0.29, 0.717) is 19.3 Å².